The van der Waals surface area contributed by atoms with Crippen LogP contribution in [0.25, 0.3) is 49.6 Å². The van der Waals surface area contributed by atoms with Gasteiger partial charge in [-0.2, -0.15) is 0 Å². The van der Waals surface area contributed by atoms with Crippen LogP contribution in [0.4, 0.5) is 0 Å². The maximum Gasteiger partial charge on any atom is 0.153 e. The van der Waals surface area contributed by atoms with Gasteiger partial charge in [-0.1, -0.05) is 18.2 Å². The SMILES string of the molecule is Cc1cc(-n2c3ccccc3c3ncccc32)cc2c1oc1cnccc12. The Bertz CT molecular complexity index is 1440. The quantitative estimate of drug-likeness (QED) is 0.378. The Balaban J connectivity index is 1.79. The zero-order valence-electron chi connectivity index (χ0n) is 14.7. The van der Waals surface area contributed by atoms with Crippen molar-refractivity contribution in [2.45, 2.75) is 6.92 Å². The number of hydrogen-bond acceptors (Lipinski definition) is 3. The van der Waals surface area contributed by atoms with Gasteiger partial charge in [0.1, 0.15) is 5.58 Å². The fourth-order valence-corrected chi connectivity index (χ4v) is 4.07. The molecule has 0 aliphatic rings. The maximum absolute atomic E-state index is 6.05. The first kappa shape index (κ1) is 14.5. The molecule has 0 fully saturated rings. The van der Waals surface area contributed by atoms with Crippen molar-refractivity contribution in [2.24, 2.45) is 0 Å². The molecule has 4 nitrogen and oxygen atoms in total. The van der Waals surface area contributed by atoms with Gasteiger partial charge in [0.15, 0.2) is 5.58 Å². The minimum Gasteiger partial charge on any atom is -0.454 e. The van der Waals surface area contributed by atoms with E-state index >= 15 is 0 Å². The smallest absolute Gasteiger partial charge is 0.153 e. The second-order valence-corrected chi connectivity index (χ2v) is 6.84. The van der Waals surface area contributed by atoms with E-state index in [0.29, 0.717) is 0 Å². The summed E-state index contributed by atoms with van der Waals surface area (Å²) >= 11 is 0. The number of fused-ring (bicyclic) bond motifs is 6. The van der Waals surface area contributed by atoms with Gasteiger partial charge in [0, 0.05) is 34.2 Å². The highest BCUT2D eigenvalue weighted by atomic mass is 16.3. The third-order valence-electron chi connectivity index (χ3n) is 5.23. The molecular formula is C23H15N3O. The van der Waals surface area contributed by atoms with E-state index in [1.807, 2.05) is 24.5 Å². The molecule has 0 aliphatic heterocycles. The first-order valence-electron chi connectivity index (χ1n) is 8.93. The summed E-state index contributed by atoms with van der Waals surface area (Å²) in [6.07, 6.45) is 5.44. The second kappa shape index (κ2) is 5.17. The Morgan fingerprint density at radius 2 is 1.74 bits per heavy atom. The molecule has 27 heavy (non-hydrogen) atoms. The molecule has 4 heteroatoms. The van der Waals surface area contributed by atoms with Gasteiger partial charge >= 0.3 is 0 Å². The molecule has 4 heterocycles. The topological polar surface area (TPSA) is 43.9 Å². The summed E-state index contributed by atoms with van der Waals surface area (Å²) in [5.41, 5.74) is 7.22. The molecular weight excluding hydrogens is 334 g/mol. The maximum atomic E-state index is 6.05. The molecule has 0 radical (unpaired) electrons. The Morgan fingerprint density at radius 3 is 2.70 bits per heavy atom. The predicted molar refractivity (Wildman–Crippen MR) is 108 cm³/mol. The van der Waals surface area contributed by atoms with Crippen LogP contribution < -0.4 is 0 Å². The van der Waals surface area contributed by atoms with Crippen molar-refractivity contribution >= 4 is 43.9 Å². The highest BCUT2D eigenvalue weighted by molar-refractivity contribution is 6.09. The summed E-state index contributed by atoms with van der Waals surface area (Å²) in [5.74, 6) is 0. The zero-order chi connectivity index (χ0) is 18.0. The number of pyridine rings is 2. The minimum atomic E-state index is 0.816. The monoisotopic (exact) mass is 349 g/mol. The normalized spacial score (nSPS) is 11.9. The molecule has 0 atom stereocenters. The van der Waals surface area contributed by atoms with Crippen LogP contribution in [0.5, 0.6) is 0 Å². The van der Waals surface area contributed by atoms with Crippen LogP contribution in [-0.2, 0) is 0 Å². The van der Waals surface area contributed by atoms with Crippen LogP contribution in [-0.4, -0.2) is 14.5 Å². The van der Waals surface area contributed by atoms with E-state index in [-0.39, 0.29) is 0 Å². The number of aryl methyl sites for hydroxylation is 1. The van der Waals surface area contributed by atoms with Gasteiger partial charge in [0.05, 0.1) is 22.7 Å². The van der Waals surface area contributed by atoms with Crippen LogP contribution in [0.1, 0.15) is 5.56 Å². The van der Waals surface area contributed by atoms with Crippen LogP contribution in [0.2, 0.25) is 0 Å². The Morgan fingerprint density at radius 1 is 0.852 bits per heavy atom. The van der Waals surface area contributed by atoms with Crippen molar-refractivity contribution in [3.8, 4) is 5.69 Å². The lowest BCUT2D eigenvalue weighted by Crippen LogP contribution is -1.94. The first-order valence-corrected chi connectivity index (χ1v) is 8.93. The number of rotatable bonds is 1. The number of para-hydroxylation sites is 1. The highest BCUT2D eigenvalue weighted by Crippen LogP contribution is 2.35. The van der Waals surface area contributed by atoms with Crippen molar-refractivity contribution in [3.05, 3.63) is 78.8 Å². The lowest BCUT2D eigenvalue weighted by molar-refractivity contribution is 0.663. The fourth-order valence-electron chi connectivity index (χ4n) is 4.07. The standard InChI is InChI=1S/C23H15N3O/c1-14-11-15(12-18-16-8-10-24-13-21(16)27-23(14)18)26-19-6-3-2-5-17(19)22-20(26)7-4-9-25-22/h2-13H,1H3. The Labute approximate surface area is 154 Å². The zero-order valence-corrected chi connectivity index (χ0v) is 14.7. The van der Waals surface area contributed by atoms with E-state index in [1.54, 1.807) is 6.20 Å². The van der Waals surface area contributed by atoms with Crippen LogP contribution >= 0.6 is 0 Å². The van der Waals surface area contributed by atoms with Gasteiger partial charge in [-0.25, -0.2) is 0 Å². The summed E-state index contributed by atoms with van der Waals surface area (Å²) in [4.78, 5) is 8.82. The summed E-state index contributed by atoms with van der Waals surface area (Å²) in [6.45, 7) is 2.09. The van der Waals surface area contributed by atoms with E-state index in [4.69, 9.17) is 4.42 Å². The molecule has 4 aromatic heterocycles. The summed E-state index contributed by atoms with van der Waals surface area (Å²) in [7, 11) is 0. The third kappa shape index (κ3) is 1.92. The predicted octanol–water partition coefficient (Wildman–Crippen LogP) is 5.78. The van der Waals surface area contributed by atoms with E-state index in [2.05, 4.69) is 63.9 Å². The van der Waals surface area contributed by atoms with Gasteiger partial charge in [-0.15, -0.1) is 0 Å². The number of aromatic nitrogens is 3. The Kier molecular flexibility index (Phi) is 2.78. The number of furan rings is 1. The van der Waals surface area contributed by atoms with Crippen LogP contribution in [0, 0.1) is 6.92 Å². The average Bonchev–Trinajstić information content (AvgIpc) is 3.24. The number of nitrogens with zero attached hydrogens (tertiary/aromatic N) is 3. The molecule has 128 valence electrons. The largest absolute Gasteiger partial charge is 0.454 e. The molecule has 0 bridgehead atoms. The fraction of sp³-hybridized carbons (Fsp3) is 0.0435. The Hall–Kier alpha value is -3.66. The van der Waals surface area contributed by atoms with Gasteiger partial charge in [0.2, 0.25) is 0 Å². The lowest BCUT2D eigenvalue weighted by Gasteiger charge is -2.09. The van der Waals surface area contributed by atoms with Crippen molar-refractivity contribution in [1.29, 1.82) is 0 Å². The number of hydrogen-bond donors (Lipinski definition) is 0. The van der Waals surface area contributed by atoms with Crippen LogP contribution in [0.15, 0.2) is 77.6 Å². The molecule has 0 aliphatic carbocycles. The van der Waals surface area contributed by atoms with Crippen molar-refractivity contribution < 1.29 is 4.42 Å². The highest BCUT2D eigenvalue weighted by Gasteiger charge is 2.16. The molecule has 6 rings (SSSR count). The molecule has 0 saturated carbocycles. The lowest BCUT2D eigenvalue weighted by atomic mass is 10.1. The van der Waals surface area contributed by atoms with Gasteiger partial charge in [-0.05, 0) is 48.9 Å². The molecule has 0 N–H and O–H groups in total. The summed E-state index contributed by atoms with van der Waals surface area (Å²) in [6, 6.07) is 18.9. The second-order valence-electron chi connectivity index (χ2n) is 6.84. The third-order valence-corrected chi connectivity index (χ3v) is 5.23. The van der Waals surface area contributed by atoms with Gasteiger partial charge in [0.25, 0.3) is 0 Å². The molecule has 0 spiro atoms. The molecule has 0 unspecified atom stereocenters. The molecule has 0 saturated heterocycles. The average molecular weight is 349 g/mol. The summed E-state index contributed by atoms with van der Waals surface area (Å²) < 4.78 is 8.33. The molecule has 2 aromatic carbocycles. The molecule has 0 amide bonds. The summed E-state index contributed by atoms with van der Waals surface area (Å²) in [5, 5.41) is 3.35. The van der Waals surface area contributed by atoms with Crippen molar-refractivity contribution in [1.82, 2.24) is 14.5 Å². The number of benzene rings is 2. The van der Waals surface area contributed by atoms with E-state index in [0.717, 1.165) is 55.1 Å². The van der Waals surface area contributed by atoms with Gasteiger partial charge < -0.3 is 8.98 Å². The van der Waals surface area contributed by atoms with E-state index in [9.17, 15) is 0 Å². The van der Waals surface area contributed by atoms with Crippen molar-refractivity contribution in [2.75, 3.05) is 0 Å². The van der Waals surface area contributed by atoms with E-state index in [1.165, 1.54) is 0 Å². The molecule has 6 aromatic rings. The minimum absolute atomic E-state index is 0.816. The van der Waals surface area contributed by atoms with E-state index < -0.39 is 0 Å². The first-order chi connectivity index (χ1) is 13.3. The van der Waals surface area contributed by atoms with Crippen LogP contribution in [0.3, 0.4) is 0 Å². The van der Waals surface area contributed by atoms with Gasteiger partial charge in [-0.3, -0.25) is 9.97 Å². The van der Waals surface area contributed by atoms with Crippen molar-refractivity contribution in [3.63, 3.8) is 0 Å².